The Labute approximate surface area is 126 Å². The fraction of sp³-hybridized carbons (Fsp3) is 0.533. The molecule has 0 saturated carbocycles. The number of carbonyl (C=O) groups excluding carboxylic acids is 1. The fourth-order valence-electron chi connectivity index (χ4n) is 2.67. The standard InChI is InChI=1S/C15H22N2O3S/c1-11(16)12-6-8-17(9-7-12)15(18)13-4-3-5-14(10-13)21(2,19)20/h3-5,10-12H,6-9,16H2,1-2H3. The minimum atomic E-state index is -3.30. The van der Waals surface area contributed by atoms with Gasteiger partial charge in [-0.1, -0.05) is 6.07 Å². The first kappa shape index (κ1) is 16.0. The van der Waals surface area contributed by atoms with Crippen molar-refractivity contribution in [3.63, 3.8) is 0 Å². The molecule has 1 atom stereocenters. The van der Waals surface area contributed by atoms with Gasteiger partial charge < -0.3 is 10.6 Å². The number of amides is 1. The van der Waals surface area contributed by atoms with E-state index in [9.17, 15) is 13.2 Å². The smallest absolute Gasteiger partial charge is 0.253 e. The molecule has 2 N–H and O–H groups in total. The lowest BCUT2D eigenvalue weighted by atomic mass is 9.90. The van der Waals surface area contributed by atoms with Crippen LogP contribution in [0.1, 0.15) is 30.1 Å². The van der Waals surface area contributed by atoms with Crippen LogP contribution in [0, 0.1) is 5.92 Å². The van der Waals surface area contributed by atoms with Gasteiger partial charge in [0.2, 0.25) is 0 Å². The van der Waals surface area contributed by atoms with E-state index in [4.69, 9.17) is 5.73 Å². The van der Waals surface area contributed by atoms with E-state index < -0.39 is 9.84 Å². The van der Waals surface area contributed by atoms with Crippen LogP contribution in [0.4, 0.5) is 0 Å². The normalized spacial score (nSPS) is 18.5. The van der Waals surface area contributed by atoms with E-state index in [1.165, 1.54) is 12.1 Å². The van der Waals surface area contributed by atoms with Gasteiger partial charge in [0.05, 0.1) is 4.90 Å². The predicted octanol–water partition coefficient (Wildman–Crippen LogP) is 1.29. The molecule has 0 aliphatic carbocycles. The van der Waals surface area contributed by atoms with Gasteiger partial charge in [-0.25, -0.2) is 8.42 Å². The number of rotatable bonds is 3. The van der Waals surface area contributed by atoms with E-state index in [1.807, 2.05) is 6.92 Å². The number of piperidine rings is 1. The third-order valence-electron chi connectivity index (χ3n) is 4.08. The Morgan fingerprint density at radius 2 is 1.95 bits per heavy atom. The van der Waals surface area contributed by atoms with Gasteiger partial charge >= 0.3 is 0 Å². The molecule has 0 radical (unpaired) electrons. The summed E-state index contributed by atoms with van der Waals surface area (Å²) in [6.07, 6.45) is 2.94. The maximum atomic E-state index is 12.5. The van der Waals surface area contributed by atoms with Crippen LogP contribution in [-0.4, -0.2) is 44.6 Å². The monoisotopic (exact) mass is 310 g/mol. The van der Waals surface area contributed by atoms with Crippen molar-refractivity contribution in [2.75, 3.05) is 19.3 Å². The van der Waals surface area contributed by atoms with Gasteiger partial charge in [-0.15, -0.1) is 0 Å². The molecule has 1 fully saturated rings. The summed E-state index contributed by atoms with van der Waals surface area (Å²) in [6.45, 7) is 3.35. The molecular weight excluding hydrogens is 288 g/mol. The van der Waals surface area contributed by atoms with Crippen molar-refractivity contribution in [1.82, 2.24) is 4.90 Å². The van der Waals surface area contributed by atoms with Crippen molar-refractivity contribution < 1.29 is 13.2 Å². The van der Waals surface area contributed by atoms with Gasteiger partial charge in [0.15, 0.2) is 9.84 Å². The van der Waals surface area contributed by atoms with Crippen molar-refractivity contribution >= 4 is 15.7 Å². The van der Waals surface area contributed by atoms with Gasteiger partial charge in [0.25, 0.3) is 5.91 Å². The molecule has 1 saturated heterocycles. The number of hydrogen-bond donors (Lipinski definition) is 1. The molecule has 0 aromatic heterocycles. The Kier molecular flexibility index (Phi) is 4.68. The van der Waals surface area contributed by atoms with Crippen LogP contribution in [0.3, 0.4) is 0 Å². The Morgan fingerprint density at radius 1 is 1.33 bits per heavy atom. The zero-order valence-electron chi connectivity index (χ0n) is 12.5. The Morgan fingerprint density at radius 3 is 2.48 bits per heavy atom. The van der Waals surface area contributed by atoms with E-state index in [-0.39, 0.29) is 16.8 Å². The Bertz CT molecular complexity index is 618. The van der Waals surface area contributed by atoms with Crippen LogP contribution >= 0.6 is 0 Å². The molecule has 1 aromatic carbocycles. The summed E-state index contributed by atoms with van der Waals surface area (Å²) in [5.41, 5.74) is 6.33. The summed E-state index contributed by atoms with van der Waals surface area (Å²) in [6, 6.07) is 6.38. The average Bonchev–Trinajstić information content (AvgIpc) is 2.46. The quantitative estimate of drug-likeness (QED) is 0.912. The van der Waals surface area contributed by atoms with Crippen LogP contribution in [-0.2, 0) is 9.84 Å². The van der Waals surface area contributed by atoms with E-state index in [0.29, 0.717) is 24.6 Å². The van der Waals surface area contributed by atoms with Gasteiger partial charge in [-0.2, -0.15) is 0 Å². The highest BCUT2D eigenvalue weighted by atomic mass is 32.2. The molecule has 1 aromatic rings. The lowest BCUT2D eigenvalue weighted by Gasteiger charge is -2.33. The fourth-order valence-corrected chi connectivity index (χ4v) is 3.34. The summed E-state index contributed by atoms with van der Waals surface area (Å²) in [5, 5.41) is 0. The van der Waals surface area contributed by atoms with Crippen LogP contribution in [0.5, 0.6) is 0 Å². The van der Waals surface area contributed by atoms with Crippen molar-refractivity contribution in [2.24, 2.45) is 11.7 Å². The lowest BCUT2D eigenvalue weighted by molar-refractivity contribution is 0.0680. The van der Waals surface area contributed by atoms with Crippen LogP contribution in [0.15, 0.2) is 29.2 Å². The predicted molar refractivity (Wildman–Crippen MR) is 81.8 cm³/mol. The Balaban J connectivity index is 2.11. The third-order valence-corrected chi connectivity index (χ3v) is 5.19. The minimum absolute atomic E-state index is 0.108. The lowest BCUT2D eigenvalue weighted by Crippen LogP contribution is -2.42. The summed E-state index contributed by atoms with van der Waals surface area (Å²) in [7, 11) is -3.30. The molecule has 21 heavy (non-hydrogen) atoms. The van der Waals surface area contributed by atoms with Gasteiger partial charge in [0, 0.05) is 31.0 Å². The first-order valence-corrected chi connectivity index (χ1v) is 9.03. The van der Waals surface area contributed by atoms with E-state index >= 15 is 0 Å². The highest BCUT2D eigenvalue weighted by Gasteiger charge is 2.25. The number of likely N-dealkylation sites (tertiary alicyclic amines) is 1. The summed E-state index contributed by atoms with van der Waals surface area (Å²) < 4.78 is 23.1. The van der Waals surface area contributed by atoms with Gasteiger partial charge in [-0.05, 0) is 43.9 Å². The van der Waals surface area contributed by atoms with Gasteiger partial charge in [0.1, 0.15) is 0 Å². The van der Waals surface area contributed by atoms with E-state index in [1.54, 1.807) is 17.0 Å². The van der Waals surface area contributed by atoms with Gasteiger partial charge in [-0.3, -0.25) is 4.79 Å². The zero-order chi connectivity index (χ0) is 15.6. The molecule has 0 bridgehead atoms. The van der Waals surface area contributed by atoms with Crippen molar-refractivity contribution in [3.8, 4) is 0 Å². The molecular formula is C15H22N2O3S. The first-order chi connectivity index (χ1) is 9.79. The van der Waals surface area contributed by atoms with E-state index in [0.717, 1.165) is 19.1 Å². The largest absolute Gasteiger partial charge is 0.339 e. The number of carbonyl (C=O) groups is 1. The molecule has 1 aliphatic heterocycles. The topological polar surface area (TPSA) is 80.5 Å². The van der Waals surface area contributed by atoms with E-state index in [2.05, 4.69) is 0 Å². The summed E-state index contributed by atoms with van der Waals surface area (Å²) in [5.74, 6) is 0.347. The average molecular weight is 310 g/mol. The number of nitrogens with two attached hydrogens (primary N) is 1. The highest BCUT2D eigenvalue weighted by molar-refractivity contribution is 7.90. The minimum Gasteiger partial charge on any atom is -0.339 e. The number of nitrogens with zero attached hydrogens (tertiary/aromatic N) is 1. The molecule has 6 heteroatoms. The molecule has 2 rings (SSSR count). The molecule has 1 unspecified atom stereocenters. The maximum absolute atomic E-state index is 12.5. The van der Waals surface area contributed by atoms with Crippen molar-refractivity contribution in [1.29, 1.82) is 0 Å². The number of benzene rings is 1. The Hall–Kier alpha value is -1.40. The molecule has 1 amide bonds. The first-order valence-electron chi connectivity index (χ1n) is 7.14. The molecule has 5 nitrogen and oxygen atoms in total. The molecule has 0 spiro atoms. The molecule has 1 aliphatic rings. The second-order valence-electron chi connectivity index (χ2n) is 5.79. The zero-order valence-corrected chi connectivity index (χ0v) is 13.3. The summed E-state index contributed by atoms with van der Waals surface area (Å²) >= 11 is 0. The van der Waals surface area contributed by atoms with Crippen LogP contribution in [0.2, 0.25) is 0 Å². The van der Waals surface area contributed by atoms with Crippen LogP contribution in [0.25, 0.3) is 0 Å². The second-order valence-corrected chi connectivity index (χ2v) is 7.80. The summed E-state index contributed by atoms with van der Waals surface area (Å²) in [4.78, 5) is 14.4. The van der Waals surface area contributed by atoms with Crippen LogP contribution < -0.4 is 5.73 Å². The SMILES string of the molecule is CC(N)C1CCN(C(=O)c2cccc(S(C)(=O)=O)c2)CC1. The van der Waals surface area contributed by atoms with Crippen molar-refractivity contribution in [2.45, 2.75) is 30.7 Å². The third kappa shape index (κ3) is 3.83. The number of hydrogen-bond acceptors (Lipinski definition) is 4. The van der Waals surface area contributed by atoms with Crippen molar-refractivity contribution in [3.05, 3.63) is 29.8 Å². The second kappa shape index (κ2) is 6.15. The molecule has 1 heterocycles. The maximum Gasteiger partial charge on any atom is 0.253 e. The molecule has 116 valence electrons. The highest BCUT2D eigenvalue weighted by Crippen LogP contribution is 2.21. The number of sulfone groups is 1.